The van der Waals surface area contributed by atoms with Crippen LogP contribution in [0.3, 0.4) is 0 Å². The fourth-order valence-electron chi connectivity index (χ4n) is 1.68. The van der Waals surface area contributed by atoms with E-state index in [0.717, 1.165) is 11.1 Å². The van der Waals surface area contributed by atoms with E-state index in [2.05, 4.69) is 5.32 Å². The average Bonchev–Trinajstić information content (AvgIpc) is 2.29. The number of hydrogen-bond acceptors (Lipinski definition) is 3. The van der Waals surface area contributed by atoms with Crippen molar-refractivity contribution in [2.75, 3.05) is 7.11 Å². The monoisotopic (exact) mass is 237 g/mol. The van der Waals surface area contributed by atoms with Crippen LogP contribution in [-0.2, 0) is 20.9 Å². The highest BCUT2D eigenvalue weighted by Crippen LogP contribution is 2.21. The van der Waals surface area contributed by atoms with E-state index in [1.165, 1.54) is 0 Å². The normalized spacial score (nSPS) is 11.8. The van der Waals surface area contributed by atoms with Gasteiger partial charge in [0, 0.05) is 7.11 Å². The second-order valence-corrected chi connectivity index (χ2v) is 3.57. The Labute approximate surface area is 99.4 Å². The number of nitrogens with one attached hydrogen (secondary N) is 1. The van der Waals surface area contributed by atoms with Crippen LogP contribution < -0.4 is 5.32 Å². The molecule has 1 amide bonds. The second-order valence-electron chi connectivity index (χ2n) is 3.57. The molecule has 0 aliphatic carbocycles. The van der Waals surface area contributed by atoms with Crippen LogP contribution >= 0.6 is 0 Å². The van der Waals surface area contributed by atoms with Gasteiger partial charge in [-0.3, -0.25) is 9.59 Å². The van der Waals surface area contributed by atoms with E-state index < -0.39 is 12.0 Å². The quantitative estimate of drug-likeness (QED) is 0.696. The van der Waals surface area contributed by atoms with Crippen molar-refractivity contribution in [1.29, 1.82) is 0 Å². The van der Waals surface area contributed by atoms with Gasteiger partial charge >= 0.3 is 5.97 Å². The summed E-state index contributed by atoms with van der Waals surface area (Å²) in [4.78, 5) is 21.2. The van der Waals surface area contributed by atoms with Crippen LogP contribution in [0.4, 0.5) is 0 Å². The third-order valence-corrected chi connectivity index (χ3v) is 2.38. The van der Waals surface area contributed by atoms with E-state index >= 15 is 0 Å². The largest absolute Gasteiger partial charge is 0.481 e. The van der Waals surface area contributed by atoms with Gasteiger partial charge in [0.2, 0.25) is 6.41 Å². The fourth-order valence-corrected chi connectivity index (χ4v) is 1.68. The molecule has 1 rings (SSSR count). The number of carboxylic acids is 1. The van der Waals surface area contributed by atoms with Crippen molar-refractivity contribution < 1.29 is 19.4 Å². The summed E-state index contributed by atoms with van der Waals surface area (Å²) in [5.74, 6) is -0.962. The molecule has 1 aromatic carbocycles. The second kappa shape index (κ2) is 6.65. The third kappa shape index (κ3) is 3.88. The van der Waals surface area contributed by atoms with E-state index in [1.54, 1.807) is 19.2 Å². The molecule has 1 aromatic rings. The van der Waals surface area contributed by atoms with Gasteiger partial charge in [0.05, 0.1) is 19.1 Å². The number of hydrogen-bond donors (Lipinski definition) is 2. The lowest BCUT2D eigenvalue weighted by Crippen LogP contribution is -2.23. The maximum atomic E-state index is 10.7. The minimum atomic E-state index is -0.962. The summed E-state index contributed by atoms with van der Waals surface area (Å²) in [6.45, 7) is 0.382. The summed E-state index contributed by atoms with van der Waals surface area (Å²) in [5.41, 5.74) is 1.64. The number of carbonyl (C=O) groups is 2. The molecule has 0 aliphatic heterocycles. The molecule has 0 saturated carbocycles. The molecular weight excluding hydrogens is 222 g/mol. The van der Waals surface area contributed by atoms with Crippen LogP contribution in [0.25, 0.3) is 0 Å². The number of ether oxygens (including phenoxy) is 1. The molecule has 5 nitrogen and oxygen atoms in total. The highest BCUT2D eigenvalue weighted by Gasteiger charge is 2.17. The summed E-state index contributed by atoms with van der Waals surface area (Å²) >= 11 is 0. The van der Waals surface area contributed by atoms with Crippen LogP contribution in [-0.4, -0.2) is 24.6 Å². The molecule has 0 radical (unpaired) electrons. The number of benzene rings is 1. The first-order chi connectivity index (χ1) is 8.19. The minimum Gasteiger partial charge on any atom is -0.481 e. The smallest absolute Gasteiger partial charge is 0.305 e. The molecule has 0 unspecified atom stereocenters. The zero-order valence-corrected chi connectivity index (χ0v) is 9.55. The highest BCUT2D eigenvalue weighted by molar-refractivity contribution is 5.68. The van der Waals surface area contributed by atoms with Gasteiger partial charge in [-0.2, -0.15) is 0 Å². The lowest BCUT2D eigenvalue weighted by molar-refractivity contribution is -0.137. The lowest BCUT2D eigenvalue weighted by atomic mass is 9.98. The molecule has 0 aliphatic rings. The van der Waals surface area contributed by atoms with Crippen LogP contribution in [0.15, 0.2) is 24.3 Å². The van der Waals surface area contributed by atoms with Crippen molar-refractivity contribution in [3.63, 3.8) is 0 Å². The zero-order valence-electron chi connectivity index (χ0n) is 9.55. The van der Waals surface area contributed by atoms with E-state index in [9.17, 15) is 9.59 Å². The van der Waals surface area contributed by atoms with Crippen molar-refractivity contribution in [2.24, 2.45) is 0 Å². The molecule has 0 saturated heterocycles. The molecule has 17 heavy (non-hydrogen) atoms. The molecular formula is C12H15NO4. The van der Waals surface area contributed by atoms with E-state index in [0.29, 0.717) is 13.0 Å². The lowest BCUT2D eigenvalue weighted by Gasteiger charge is -2.17. The van der Waals surface area contributed by atoms with Crippen LogP contribution in [0.5, 0.6) is 0 Å². The number of carbonyl (C=O) groups excluding carboxylic acids is 1. The van der Waals surface area contributed by atoms with Crippen molar-refractivity contribution in [3.8, 4) is 0 Å². The first-order valence-corrected chi connectivity index (χ1v) is 5.17. The molecule has 2 N–H and O–H groups in total. The molecule has 92 valence electrons. The molecule has 0 spiro atoms. The Balaban J connectivity index is 2.98. The van der Waals surface area contributed by atoms with Gasteiger partial charge in [-0.05, 0) is 11.1 Å². The number of methoxy groups -OCH3 is 1. The third-order valence-electron chi connectivity index (χ3n) is 2.38. The molecule has 5 heteroatoms. The Morgan fingerprint density at radius 3 is 2.82 bits per heavy atom. The number of rotatable bonds is 7. The van der Waals surface area contributed by atoms with Crippen LogP contribution in [0.1, 0.15) is 23.6 Å². The van der Waals surface area contributed by atoms with Crippen molar-refractivity contribution in [2.45, 2.75) is 19.1 Å². The fraction of sp³-hybridized carbons (Fsp3) is 0.333. The number of aliphatic carboxylic acids is 1. The Morgan fingerprint density at radius 1 is 1.53 bits per heavy atom. The Morgan fingerprint density at radius 2 is 2.24 bits per heavy atom. The number of carboxylic acid groups (broad SMARTS) is 1. The van der Waals surface area contributed by atoms with Gasteiger partial charge in [-0.25, -0.2) is 0 Å². The van der Waals surface area contributed by atoms with Crippen molar-refractivity contribution >= 4 is 12.4 Å². The van der Waals surface area contributed by atoms with Crippen molar-refractivity contribution in [3.05, 3.63) is 35.4 Å². The first kappa shape index (κ1) is 13.2. The number of amides is 1. The van der Waals surface area contributed by atoms with Gasteiger partial charge in [0.25, 0.3) is 0 Å². The standard InChI is InChI=1S/C12H15NO4/c1-17-7-9-4-2-3-5-10(9)11(13-8-14)6-12(15)16/h2-5,8,11H,6-7H2,1H3,(H,13,14)(H,15,16)/t11-/m0/s1. The van der Waals surface area contributed by atoms with Crippen molar-refractivity contribution in [1.82, 2.24) is 5.32 Å². The molecule has 0 fully saturated rings. The summed E-state index contributed by atoms with van der Waals surface area (Å²) in [6.07, 6.45) is 0.358. The van der Waals surface area contributed by atoms with Gasteiger partial charge in [-0.1, -0.05) is 24.3 Å². The van der Waals surface area contributed by atoms with E-state index in [-0.39, 0.29) is 6.42 Å². The first-order valence-electron chi connectivity index (χ1n) is 5.17. The molecule has 0 bridgehead atoms. The summed E-state index contributed by atoms with van der Waals surface area (Å²) < 4.78 is 5.04. The summed E-state index contributed by atoms with van der Waals surface area (Å²) in [5, 5.41) is 11.3. The highest BCUT2D eigenvalue weighted by atomic mass is 16.5. The maximum Gasteiger partial charge on any atom is 0.305 e. The molecule has 0 aromatic heterocycles. The van der Waals surface area contributed by atoms with Gasteiger partial charge in [-0.15, -0.1) is 0 Å². The Bertz CT molecular complexity index is 392. The predicted molar refractivity (Wildman–Crippen MR) is 61.3 cm³/mol. The minimum absolute atomic E-state index is 0.153. The zero-order chi connectivity index (χ0) is 12.7. The van der Waals surface area contributed by atoms with Crippen LogP contribution in [0, 0.1) is 0 Å². The maximum absolute atomic E-state index is 10.7. The van der Waals surface area contributed by atoms with E-state index in [1.807, 2.05) is 12.1 Å². The SMILES string of the molecule is COCc1ccccc1[C@H](CC(=O)O)NC=O. The molecule has 1 atom stereocenters. The van der Waals surface area contributed by atoms with Gasteiger partial charge in [0.1, 0.15) is 0 Å². The summed E-state index contributed by atoms with van der Waals surface area (Å²) in [7, 11) is 1.57. The Hall–Kier alpha value is -1.88. The van der Waals surface area contributed by atoms with Gasteiger partial charge < -0.3 is 15.2 Å². The van der Waals surface area contributed by atoms with Gasteiger partial charge in [0.15, 0.2) is 0 Å². The molecule has 0 heterocycles. The summed E-state index contributed by atoms with van der Waals surface area (Å²) in [6, 6.07) is 6.75. The Kier molecular flexibility index (Phi) is 5.16. The topological polar surface area (TPSA) is 75.6 Å². The predicted octanol–water partition coefficient (Wildman–Crippen LogP) is 1.09. The van der Waals surface area contributed by atoms with Crippen LogP contribution in [0.2, 0.25) is 0 Å². The average molecular weight is 237 g/mol. The van der Waals surface area contributed by atoms with E-state index in [4.69, 9.17) is 9.84 Å².